The minimum Gasteiger partial charge on any atom is -0.481 e. The second-order valence-electron chi connectivity index (χ2n) is 6.89. The number of hydrogen-bond donors (Lipinski definition) is 1. The molecule has 0 aromatic rings. The quantitative estimate of drug-likeness (QED) is 0.766. The molecule has 16 heavy (non-hydrogen) atoms. The van der Waals surface area contributed by atoms with Gasteiger partial charge in [0.25, 0.3) is 0 Å². The van der Waals surface area contributed by atoms with Crippen LogP contribution in [0, 0.1) is 22.7 Å². The molecule has 2 heteroatoms. The van der Waals surface area contributed by atoms with E-state index in [9.17, 15) is 4.79 Å². The van der Waals surface area contributed by atoms with Gasteiger partial charge in [-0.2, -0.15) is 0 Å². The lowest BCUT2D eigenvalue weighted by Crippen LogP contribution is -2.37. The molecule has 0 aliphatic carbocycles. The van der Waals surface area contributed by atoms with E-state index < -0.39 is 5.97 Å². The molecule has 1 N–H and O–H groups in total. The maximum atomic E-state index is 11.0. The van der Waals surface area contributed by atoms with Gasteiger partial charge in [0.05, 0.1) is 0 Å². The monoisotopic (exact) mass is 227 g/mol. The largest absolute Gasteiger partial charge is 0.481 e. The summed E-state index contributed by atoms with van der Waals surface area (Å²) in [7, 11) is 0. The Morgan fingerprint density at radius 3 is 1.81 bits per heavy atom. The van der Waals surface area contributed by atoms with Crippen LogP contribution < -0.4 is 0 Å². The number of carboxylic acid groups (broad SMARTS) is 1. The van der Waals surface area contributed by atoms with E-state index in [-0.39, 0.29) is 23.2 Å². The van der Waals surface area contributed by atoms with Gasteiger partial charge >= 0.3 is 5.97 Å². The van der Waals surface area contributed by atoms with Crippen molar-refractivity contribution < 1.29 is 9.90 Å². The van der Waals surface area contributed by atoms with Crippen LogP contribution in [0.2, 0.25) is 0 Å². The van der Waals surface area contributed by atoms with Gasteiger partial charge in [-0.1, -0.05) is 48.5 Å². The van der Waals surface area contributed by atoms with Crippen LogP contribution in [0.4, 0.5) is 0 Å². The molecule has 0 aromatic heterocycles. The summed E-state index contributed by atoms with van der Waals surface area (Å²) in [6.45, 7) is 15.0. The average molecular weight is 227 g/mol. The minimum absolute atomic E-state index is 0.0251. The molecule has 1 radical (unpaired) electrons. The van der Waals surface area contributed by atoms with E-state index in [1.807, 2.05) is 0 Å². The summed E-state index contributed by atoms with van der Waals surface area (Å²) >= 11 is 0. The van der Waals surface area contributed by atoms with E-state index in [1.54, 1.807) is 0 Å². The van der Waals surface area contributed by atoms with Crippen LogP contribution >= 0.6 is 0 Å². The fourth-order valence-corrected chi connectivity index (χ4v) is 2.96. The van der Waals surface area contributed by atoms with Gasteiger partial charge in [0.1, 0.15) is 0 Å². The fraction of sp³-hybridized carbons (Fsp3) is 0.857. The molecule has 0 aromatic carbocycles. The van der Waals surface area contributed by atoms with Crippen molar-refractivity contribution >= 4 is 5.97 Å². The Morgan fingerprint density at radius 1 is 1.12 bits per heavy atom. The standard InChI is InChI=1S/C14H27O2/c1-10(2)9-14(6,7)11(8-12(15)16)13(3,4)5/h11H,8-9H2,1-7H3,(H,15,16)/t11-/m1/s1. The second-order valence-corrected chi connectivity index (χ2v) is 6.89. The summed E-state index contributed by atoms with van der Waals surface area (Å²) in [5.74, 6) is 0.860. The third kappa shape index (κ3) is 5.00. The highest BCUT2D eigenvalue weighted by molar-refractivity contribution is 5.67. The Hall–Kier alpha value is -0.530. The maximum absolute atomic E-state index is 11.0. The molecule has 0 fully saturated rings. The molecule has 2 nitrogen and oxygen atoms in total. The molecule has 0 bridgehead atoms. The molecule has 95 valence electrons. The van der Waals surface area contributed by atoms with Crippen molar-refractivity contribution in [3.63, 3.8) is 0 Å². The van der Waals surface area contributed by atoms with Crippen molar-refractivity contribution in [2.75, 3.05) is 0 Å². The van der Waals surface area contributed by atoms with E-state index in [0.29, 0.717) is 0 Å². The molecule has 0 saturated heterocycles. The predicted molar refractivity (Wildman–Crippen MR) is 68.2 cm³/mol. The van der Waals surface area contributed by atoms with E-state index >= 15 is 0 Å². The summed E-state index contributed by atoms with van der Waals surface area (Å²) in [5, 5.41) is 9.04. The molecule has 0 spiro atoms. The lowest BCUT2D eigenvalue weighted by molar-refractivity contribution is -0.140. The van der Waals surface area contributed by atoms with Crippen LogP contribution in [-0.2, 0) is 4.79 Å². The predicted octanol–water partition coefficient (Wildman–Crippen LogP) is 4.15. The Kier molecular flexibility index (Phi) is 5.03. The van der Waals surface area contributed by atoms with Crippen LogP contribution in [0.15, 0.2) is 0 Å². The van der Waals surface area contributed by atoms with Crippen molar-refractivity contribution in [2.24, 2.45) is 16.7 Å². The summed E-state index contributed by atoms with van der Waals surface area (Å²) in [4.78, 5) is 11.0. The average Bonchev–Trinajstić information content (AvgIpc) is 1.94. The van der Waals surface area contributed by atoms with Gasteiger partial charge in [-0.25, -0.2) is 0 Å². The molecular formula is C14H27O2. The first-order valence-electron chi connectivity index (χ1n) is 5.97. The summed E-state index contributed by atoms with van der Waals surface area (Å²) in [5.41, 5.74) is 0.0623. The molecule has 0 rings (SSSR count). The van der Waals surface area contributed by atoms with E-state index in [1.165, 1.54) is 5.92 Å². The molecule has 0 heterocycles. The Labute approximate surface area is 100 Å². The number of aliphatic carboxylic acids is 1. The van der Waals surface area contributed by atoms with Gasteiger partial charge in [-0.15, -0.1) is 0 Å². The highest BCUT2D eigenvalue weighted by Crippen LogP contribution is 2.46. The molecule has 0 aliphatic heterocycles. The van der Waals surface area contributed by atoms with Gasteiger partial charge in [0.15, 0.2) is 0 Å². The van der Waals surface area contributed by atoms with Gasteiger partial charge in [-0.3, -0.25) is 4.79 Å². The zero-order valence-electron chi connectivity index (χ0n) is 11.8. The van der Waals surface area contributed by atoms with Crippen molar-refractivity contribution in [2.45, 2.75) is 61.3 Å². The Morgan fingerprint density at radius 2 is 1.56 bits per heavy atom. The molecule has 0 amide bonds. The van der Waals surface area contributed by atoms with Gasteiger partial charge < -0.3 is 5.11 Å². The Bertz CT molecular complexity index is 234. The van der Waals surface area contributed by atoms with Gasteiger partial charge in [0.2, 0.25) is 0 Å². The van der Waals surface area contributed by atoms with Gasteiger partial charge in [-0.05, 0) is 29.1 Å². The number of rotatable bonds is 5. The van der Waals surface area contributed by atoms with E-state index in [2.05, 4.69) is 48.5 Å². The smallest absolute Gasteiger partial charge is 0.303 e. The van der Waals surface area contributed by atoms with Crippen molar-refractivity contribution in [3.05, 3.63) is 5.92 Å². The van der Waals surface area contributed by atoms with E-state index in [0.717, 1.165) is 6.42 Å². The minimum atomic E-state index is -0.693. The fourth-order valence-electron chi connectivity index (χ4n) is 2.96. The molecular weight excluding hydrogens is 200 g/mol. The lowest BCUT2D eigenvalue weighted by atomic mass is 9.62. The summed E-state index contributed by atoms with van der Waals surface area (Å²) < 4.78 is 0. The maximum Gasteiger partial charge on any atom is 0.303 e. The normalized spacial score (nSPS) is 15.2. The van der Waals surface area contributed by atoms with Crippen LogP contribution in [0.1, 0.15) is 61.3 Å². The van der Waals surface area contributed by atoms with Crippen LogP contribution in [-0.4, -0.2) is 11.1 Å². The first-order valence-corrected chi connectivity index (χ1v) is 5.97. The van der Waals surface area contributed by atoms with Crippen LogP contribution in [0.3, 0.4) is 0 Å². The first kappa shape index (κ1) is 15.5. The molecule has 0 unspecified atom stereocenters. The third-order valence-electron chi connectivity index (χ3n) is 3.18. The Balaban J connectivity index is 4.94. The van der Waals surface area contributed by atoms with Crippen molar-refractivity contribution in [1.82, 2.24) is 0 Å². The highest BCUT2D eigenvalue weighted by atomic mass is 16.4. The van der Waals surface area contributed by atoms with Gasteiger partial charge in [0, 0.05) is 6.42 Å². The van der Waals surface area contributed by atoms with Crippen LogP contribution in [0.5, 0.6) is 0 Å². The van der Waals surface area contributed by atoms with E-state index in [4.69, 9.17) is 5.11 Å². The molecule has 0 saturated carbocycles. The zero-order chi connectivity index (χ0) is 13.1. The summed E-state index contributed by atoms with van der Waals surface area (Å²) in [6, 6.07) is 0. The summed E-state index contributed by atoms with van der Waals surface area (Å²) in [6.07, 6.45) is 1.24. The first-order chi connectivity index (χ1) is 6.97. The number of carboxylic acids is 1. The number of hydrogen-bond acceptors (Lipinski definition) is 1. The number of carbonyl (C=O) groups is 1. The van der Waals surface area contributed by atoms with Crippen molar-refractivity contribution in [1.29, 1.82) is 0 Å². The molecule has 1 atom stereocenters. The zero-order valence-corrected chi connectivity index (χ0v) is 11.8. The highest BCUT2D eigenvalue weighted by Gasteiger charge is 2.39. The topological polar surface area (TPSA) is 37.3 Å². The molecule has 0 aliphatic rings. The third-order valence-corrected chi connectivity index (χ3v) is 3.18. The van der Waals surface area contributed by atoms with Crippen molar-refractivity contribution in [3.8, 4) is 0 Å². The lowest BCUT2D eigenvalue weighted by Gasteiger charge is -2.43. The van der Waals surface area contributed by atoms with Crippen LogP contribution in [0.25, 0.3) is 0 Å². The second kappa shape index (κ2) is 5.20. The SMILES string of the molecule is C[C](C)CC(C)(C)[C@H](CC(=O)O)C(C)(C)C.